The number of ether oxygens (including phenoxy) is 1. The molecule has 3 aromatic carbocycles. The standard InChI is InChI=1S/C25H22N6OS/c1-32-18-12-13-19-20(14-18)33-25(29-19)31-24-21(26)23(27-15-28-24)30-22(16-8-4-2-5-9-16)17-10-6-3-7-11-17/h2-15,22H,26H2,1H3,(H2,27,28,29,30,31). The Morgan fingerprint density at radius 1 is 0.879 bits per heavy atom. The fourth-order valence-electron chi connectivity index (χ4n) is 3.58. The van der Waals surface area contributed by atoms with Crippen LogP contribution >= 0.6 is 11.3 Å². The summed E-state index contributed by atoms with van der Waals surface area (Å²) in [5.74, 6) is 1.84. The van der Waals surface area contributed by atoms with E-state index in [-0.39, 0.29) is 6.04 Å². The van der Waals surface area contributed by atoms with Crippen LogP contribution in [-0.4, -0.2) is 22.1 Å². The Bertz CT molecular complexity index is 1330. The zero-order chi connectivity index (χ0) is 22.6. The third-order valence-electron chi connectivity index (χ3n) is 5.25. The lowest BCUT2D eigenvalue weighted by molar-refractivity contribution is 0.415. The van der Waals surface area contributed by atoms with Gasteiger partial charge in [-0.25, -0.2) is 15.0 Å². The van der Waals surface area contributed by atoms with E-state index in [0.717, 1.165) is 27.1 Å². The van der Waals surface area contributed by atoms with Crippen LogP contribution in [0.3, 0.4) is 0 Å². The minimum absolute atomic E-state index is 0.118. The van der Waals surface area contributed by atoms with Gasteiger partial charge in [-0.3, -0.25) is 0 Å². The van der Waals surface area contributed by atoms with Gasteiger partial charge in [0.25, 0.3) is 0 Å². The highest BCUT2D eigenvalue weighted by molar-refractivity contribution is 7.22. The lowest BCUT2D eigenvalue weighted by Crippen LogP contribution is -2.15. The first-order valence-electron chi connectivity index (χ1n) is 10.4. The normalized spacial score (nSPS) is 11.0. The van der Waals surface area contributed by atoms with Gasteiger partial charge in [0.15, 0.2) is 16.8 Å². The summed E-state index contributed by atoms with van der Waals surface area (Å²) in [7, 11) is 1.65. The Morgan fingerprint density at radius 3 is 2.21 bits per heavy atom. The average molecular weight is 455 g/mol. The number of hydrogen-bond acceptors (Lipinski definition) is 8. The SMILES string of the molecule is COc1ccc2nc(Nc3ncnc(NC(c4ccccc4)c4ccccc4)c3N)sc2c1. The molecule has 5 rings (SSSR count). The predicted octanol–water partition coefficient (Wildman–Crippen LogP) is 5.62. The number of nitrogens with one attached hydrogen (secondary N) is 2. The number of methoxy groups -OCH3 is 1. The van der Waals surface area contributed by atoms with E-state index in [0.29, 0.717) is 22.5 Å². The Balaban J connectivity index is 1.45. The Morgan fingerprint density at radius 2 is 1.55 bits per heavy atom. The molecule has 0 fully saturated rings. The van der Waals surface area contributed by atoms with Gasteiger partial charge in [-0.2, -0.15) is 0 Å². The number of nitrogens with two attached hydrogens (primary N) is 1. The smallest absolute Gasteiger partial charge is 0.189 e. The van der Waals surface area contributed by atoms with Crippen LogP contribution in [0.15, 0.2) is 85.2 Å². The highest BCUT2D eigenvalue weighted by Gasteiger charge is 2.18. The van der Waals surface area contributed by atoms with Crippen LogP contribution in [0.4, 0.5) is 22.5 Å². The van der Waals surface area contributed by atoms with Crippen LogP contribution in [0.25, 0.3) is 10.2 Å². The van der Waals surface area contributed by atoms with Crippen LogP contribution in [0, 0.1) is 0 Å². The number of rotatable bonds is 7. The molecule has 0 aliphatic heterocycles. The number of aromatic nitrogens is 3. The minimum atomic E-state index is -0.118. The molecule has 2 heterocycles. The summed E-state index contributed by atoms with van der Waals surface area (Å²) < 4.78 is 6.31. The molecular weight excluding hydrogens is 432 g/mol. The maximum absolute atomic E-state index is 6.48. The molecule has 164 valence electrons. The molecule has 0 aliphatic carbocycles. The number of fused-ring (bicyclic) bond motifs is 1. The lowest BCUT2D eigenvalue weighted by atomic mass is 9.99. The summed E-state index contributed by atoms with van der Waals surface area (Å²) in [4.78, 5) is 13.4. The molecule has 0 radical (unpaired) electrons. The van der Waals surface area contributed by atoms with E-state index in [1.165, 1.54) is 17.7 Å². The number of benzene rings is 3. The van der Waals surface area contributed by atoms with Crippen LogP contribution in [0.1, 0.15) is 17.2 Å². The van der Waals surface area contributed by atoms with E-state index in [1.54, 1.807) is 7.11 Å². The van der Waals surface area contributed by atoms with Gasteiger partial charge in [-0.1, -0.05) is 72.0 Å². The van der Waals surface area contributed by atoms with Gasteiger partial charge < -0.3 is 21.1 Å². The topological polar surface area (TPSA) is 98.0 Å². The van der Waals surface area contributed by atoms with E-state index in [2.05, 4.69) is 49.9 Å². The van der Waals surface area contributed by atoms with Crippen molar-refractivity contribution in [1.82, 2.24) is 15.0 Å². The van der Waals surface area contributed by atoms with E-state index in [1.807, 2.05) is 54.6 Å². The molecule has 0 amide bonds. The van der Waals surface area contributed by atoms with Gasteiger partial charge in [0.2, 0.25) is 0 Å². The van der Waals surface area contributed by atoms with Gasteiger partial charge in [-0.15, -0.1) is 0 Å². The molecule has 0 spiro atoms. The van der Waals surface area contributed by atoms with Crippen molar-refractivity contribution in [2.75, 3.05) is 23.5 Å². The Kier molecular flexibility index (Phi) is 5.73. The van der Waals surface area contributed by atoms with Crippen molar-refractivity contribution in [1.29, 1.82) is 0 Å². The summed E-state index contributed by atoms with van der Waals surface area (Å²) in [6.07, 6.45) is 1.49. The second-order valence-corrected chi connectivity index (χ2v) is 8.39. The average Bonchev–Trinajstić information content (AvgIpc) is 3.27. The van der Waals surface area contributed by atoms with Crippen molar-refractivity contribution in [2.24, 2.45) is 0 Å². The number of nitrogen functional groups attached to an aromatic ring is 1. The van der Waals surface area contributed by atoms with Crippen molar-refractivity contribution in [3.05, 3.63) is 96.3 Å². The molecule has 0 bridgehead atoms. The third kappa shape index (κ3) is 4.42. The highest BCUT2D eigenvalue weighted by atomic mass is 32.1. The molecule has 33 heavy (non-hydrogen) atoms. The monoisotopic (exact) mass is 454 g/mol. The molecule has 0 saturated carbocycles. The molecule has 0 unspecified atom stereocenters. The van der Waals surface area contributed by atoms with Crippen LogP contribution in [0.2, 0.25) is 0 Å². The summed E-state index contributed by atoms with van der Waals surface area (Å²) in [5, 5.41) is 7.43. The molecule has 8 heteroatoms. The van der Waals surface area contributed by atoms with Crippen LogP contribution < -0.4 is 21.1 Å². The largest absolute Gasteiger partial charge is 0.497 e. The van der Waals surface area contributed by atoms with Crippen molar-refractivity contribution in [3.63, 3.8) is 0 Å². The van der Waals surface area contributed by atoms with Gasteiger partial charge in [-0.05, 0) is 29.3 Å². The van der Waals surface area contributed by atoms with Gasteiger partial charge in [0, 0.05) is 0 Å². The second-order valence-electron chi connectivity index (χ2n) is 7.36. The molecule has 0 aliphatic rings. The first kappa shape index (κ1) is 20.7. The highest BCUT2D eigenvalue weighted by Crippen LogP contribution is 2.34. The van der Waals surface area contributed by atoms with E-state index < -0.39 is 0 Å². The number of hydrogen-bond donors (Lipinski definition) is 3. The number of nitrogens with zero attached hydrogens (tertiary/aromatic N) is 3. The fourth-order valence-corrected chi connectivity index (χ4v) is 4.48. The summed E-state index contributed by atoms with van der Waals surface area (Å²) in [5.41, 5.74) is 10.00. The first-order valence-corrected chi connectivity index (χ1v) is 11.2. The summed E-state index contributed by atoms with van der Waals surface area (Å²) in [6.45, 7) is 0. The van der Waals surface area contributed by atoms with Crippen LogP contribution in [-0.2, 0) is 0 Å². The number of anilines is 4. The van der Waals surface area contributed by atoms with E-state index >= 15 is 0 Å². The summed E-state index contributed by atoms with van der Waals surface area (Å²) >= 11 is 1.51. The molecule has 0 saturated heterocycles. The molecule has 2 aromatic heterocycles. The zero-order valence-corrected chi connectivity index (χ0v) is 18.7. The minimum Gasteiger partial charge on any atom is -0.497 e. The Labute approximate surface area is 195 Å². The molecular formula is C25H22N6OS. The maximum Gasteiger partial charge on any atom is 0.189 e. The van der Waals surface area contributed by atoms with Crippen molar-refractivity contribution < 1.29 is 4.74 Å². The van der Waals surface area contributed by atoms with Crippen molar-refractivity contribution >= 4 is 44.0 Å². The van der Waals surface area contributed by atoms with Crippen LogP contribution in [0.5, 0.6) is 5.75 Å². The first-order chi connectivity index (χ1) is 16.2. The molecule has 5 aromatic rings. The van der Waals surface area contributed by atoms with Crippen molar-refractivity contribution in [2.45, 2.75) is 6.04 Å². The zero-order valence-electron chi connectivity index (χ0n) is 17.9. The van der Waals surface area contributed by atoms with Gasteiger partial charge in [0.05, 0.1) is 23.4 Å². The molecule has 7 nitrogen and oxygen atoms in total. The van der Waals surface area contributed by atoms with E-state index in [9.17, 15) is 0 Å². The Hall–Kier alpha value is -4.17. The van der Waals surface area contributed by atoms with Crippen molar-refractivity contribution in [3.8, 4) is 5.75 Å². The van der Waals surface area contributed by atoms with E-state index in [4.69, 9.17) is 10.5 Å². The predicted molar refractivity (Wildman–Crippen MR) is 134 cm³/mol. The second kappa shape index (κ2) is 9.13. The number of thiazole rings is 1. The van der Waals surface area contributed by atoms with Gasteiger partial charge >= 0.3 is 0 Å². The summed E-state index contributed by atoms with van der Waals surface area (Å²) in [6, 6.07) is 26.1. The molecule has 4 N–H and O–H groups in total. The molecule has 0 atom stereocenters. The maximum atomic E-state index is 6.48. The fraction of sp³-hybridized carbons (Fsp3) is 0.0800. The lowest BCUT2D eigenvalue weighted by Gasteiger charge is -2.21. The quantitative estimate of drug-likeness (QED) is 0.293. The third-order valence-corrected chi connectivity index (χ3v) is 6.19. The van der Waals surface area contributed by atoms with Gasteiger partial charge in [0.1, 0.15) is 17.8 Å².